The molecule has 8 nitrogen and oxygen atoms in total. The summed E-state index contributed by atoms with van der Waals surface area (Å²) in [4.78, 5) is 22.1. The van der Waals surface area contributed by atoms with Gasteiger partial charge in [-0.05, 0) is 27.2 Å². The second-order valence-electron chi connectivity index (χ2n) is 8.28. The van der Waals surface area contributed by atoms with Gasteiger partial charge in [0, 0.05) is 12.5 Å². The number of alkyl halides is 1. The molecule has 0 aromatic carbocycles. The van der Waals surface area contributed by atoms with Crippen LogP contribution in [0.5, 0.6) is 0 Å². The second kappa shape index (κ2) is 7.69. The molecule has 28 heavy (non-hydrogen) atoms. The Kier molecular flexibility index (Phi) is 5.65. The number of nitrogens with one attached hydrogen (secondary N) is 1. The summed E-state index contributed by atoms with van der Waals surface area (Å²) in [5, 5.41) is 7.80. The van der Waals surface area contributed by atoms with E-state index in [1.54, 1.807) is 31.5 Å². The number of rotatable bonds is 3. The number of hydrogen-bond donors (Lipinski definition) is 1. The average Bonchev–Trinajstić information content (AvgIpc) is 2.92. The molecular weight excluding hydrogens is 387 g/mol. The van der Waals surface area contributed by atoms with Gasteiger partial charge in [0.05, 0.1) is 18.8 Å². The van der Waals surface area contributed by atoms with Crippen LogP contribution >= 0.6 is 11.6 Å². The Bertz CT molecular complexity index is 866. The van der Waals surface area contributed by atoms with Crippen molar-refractivity contribution in [3.63, 3.8) is 0 Å². The highest BCUT2D eigenvalue weighted by molar-refractivity contribution is 6.32. The fourth-order valence-corrected chi connectivity index (χ4v) is 3.25. The first kappa shape index (κ1) is 20.6. The lowest BCUT2D eigenvalue weighted by Crippen LogP contribution is -2.51. The fourth-order valence-electron chi connectivity index (χ4n) is 3.04. The second-order valence-corrected chi connectivity index (χ2v) is 8.63. The number of halogens is 2. The van der Waals surface area contributed by atoms with Crippen molar-refractivity contribution < 1.29 is 13.9 Å². The van der Waals surface area contributed by atoms with Crippen molar-refractivity contribution >= 4 is 29.2 Å². The molecule has 1 saturated heterocycles. The van der Waals surface area contributed by atoms with E-state index < -0.39 is 23.9 Å². The Morgan fingerprint density at radius 1 is 1.43 bits per heavy atom. The van der Waals surface area contributed by atoms with Crippen LogP contribution in [-0.4, -0.2) is 61.5 Å². The highest BCUT2D eigenvalue weighted by atomic mass is 35.5. The largest absolute Gasteiger partial charge is 0.444 e. The molecule has 2 atom stereocenters. The van der Waals surface area contributed by atoms with Crippen molar-refractivity contribution in [1.29, 1.82) is 0 Å². The zero-order chi connectivity index (χ0) is 20.6. The third-order valence-electron chi connectivity index (χ3n) is 4.40. The Morgan fingerprint density at radius 2 is 2.14 bits per heavy atom. The third kappa shape index (κ3) is 4.45. The van der Waals surface area contributed by atoms with Gasteiger partial charge in [0.2, 0.25) is 5.95 Å². The molecule has 0 spiro atoms. The van der Waals surface area contributed by atoms with E-state index in [1.165, 1.54) is 4.90 Å². The first-order valence-corrected chi connectivity index (χ1v) is 9.72. The zero-order valence-electron chi connectivity index (χ0n) is 16.7. The number of amides is 1. The summed E-state index contributed by atoms with van der Waals surface area (Å²) in [7, 11) is 0. The van der Waals surface area contributed by atoms with Crippen molar-refractivity contribution in [2.45, 2.75) is 64.8 Å². The normalized spacial score (nSPS) is 20.6. The molecule has 1 aliphatic heterocycles. The standard InChI is InChI=1S/C18H26ClFN6O2/c1-10(2)15-23-14(19)13-8-21-16(24-26(13)15)22-12-6-7-25(9-11(12)20)17(27)28-18(3,4)5/h8,10-12H,6-7,9H2,1-5H3,(H,22,24)/t11-,12+/m0/s1. The molecule has 3 rings (SSSR count). The van der Waals surface area contributed by atoms with E-state index in [1.807, 2.05) is 13.8 Å². The number of anilines is 1. The van der Waals surface area contributed by atoms with E-state index in [0.29, 0.717) is 35.4 Å². The first-order valence-electron chi connectivity index (χ1n) is 9.35. The minimum Gasteiger partial charge on any atom is -0.444 e. The molecule has 1 fully saturated rings. The van der Waals surface area contributed by atoms with Crippen molar-refractivity contribution in [3.8, 4) is 0 Å². The summed E-state index contributed by atoms with van der Waals surface area (Å²) in [5.74, 6) is 1.12. The number of piperidine rings is 1. The van der Waals surface area contributed by atoms with E-state index in [0.717, 1.165) is 0 Å². The number of carbonyl (C=O) groups is 1. The number of nitrogens with zero attached hydrogens (tertiary/aromatic N) is 5. The van der Waals surface area contributed by atoms with E-state index in [9.17, 15) is 9.18 Å². The Hall–Kier alpha value is -2.16. The van der Waals surface area contributed by atoms with Gasteiger partial charge in [-0.25, -0.2) is 23.7 Å². The van der Waals surface area contributed by atoms with Crippen LogP contribution < -0.4 is 5.32 Å². The number of aromatic nitrogens is 4. The Balaban J connectivity index is 1.69. The molecule has 154 valence electrons. The number of carbonyl (C=O) groups excluding carboxylic acids is 1. The highest BCUT2D eigenvalue weighted by Gasteiger charge is 2.34. The van der Waals surface area contributed by atoms with Crippen LogP contribution in [0.3, 0.4) is 0 Å². The van der Waals surface area contributed by atoms with E-state index in [4.69, 9.17) is 16.3 Å². The first-order chi connectivity index (χ1) is 13.0. The van der Waals surface area contributed by atoms with Gasteiger partial charge in [-0.1, -0.05) is 25.4 Å². The van der Waals surface area contributed by atoms with Gasteiger partial charge in [-0.2, -0.15) is 0 Å². The minimum absolute atomic E-state index is 0.0387. The Morgan fingerprint density at radius 3 is 2.75 bits per heavy atom. The molecule has 1 N–H and O–H groups in total. The van der Waals surface area contributed by atoms with Gasteiger partial charge < -0.3 is 15.0 Å². The van der Waals surface area contributed by atoms with Gasteiger partial charge in [0.1, 0.15) is 23.1 Å². The van der Waals surface area contributed by atoms with Crippen molar-refractivity contribution in [1.82, 2.24) is 24.5 Å². The topological polar surface area (TPSA) is 84.7 Å². The van der Waals surface area contributed by atoms with Gasteiger partial charge in [0.15, 0.2) is 5.15 Å². The van der Waals surface area contributed by atoms with Gasteiger partial charge >= 0.3 is 6.09 Å². The highest BCUT2D eigenvalue weighted by Crippen LogP contribution is 2.24. The average molecular weight is 413 g/mol. The molecule has 3 heterocycles. The minimum atomic E-state index is -1.27. The lowest BCUT2D eigenvalue weighted by atomic mass is 10.0. The number of ether oxygens (including phenoxy) is 1. The van der Waals surface area contributed by atoms with Crippen molar-refractivity contribution in [3.05, 3.63) is 17.2 Å². The molecule has 1 aliphatic rings. The lowest BCUT2D eigenvalue weighted by molar-refractivity contribution is 0.0125. The predicted octanol–water partition coefficient (Wildman–Crippen LogP) is 3.66. The van der Waals surface area contributed by atoms with Crippen molar-refractivity contribution in [2.75, 3.05) is 18.4 Å². The Labute approximate surface area is 168 Å². The number of hydrogen-bond acceptors (Lipinski definition) is 6. The molecule has 0 bridgehead atoms. The molecule has 0 saturated carbocycles. The van der Waals surface area contributed by atoms with Crippen molar-refractivity contribution in [2.24, 2.45) is 0 Å². The monoisotopic (exact) mass is 412 g/mol. The number of fused-ring (bicyclic) bond motifs is 1. The van der Waals surface area contributed by atoms with Crippen LogP contribution in [0.15, 0.2) is 6.20 Å². The molecule has 0 radical (unpaired) electrons. The molecular formula is C18H26ClFN6O2. The quantitative estimate of drug-likeness (QED) is 0.828. The molecule has 0 aliphatic carbocycles. The van der Waals surface area contributed by atoms with Crippen LogP contribution in [0.2, 0.25) is 5.15 Å². The maximum Gasteiger partial charge on any atom is 0.410 e. The van der Waals surface area contributed by atoms with Crippen LogP contribution in [0, 0.1) is 0 Å². The summed E-state index contributed by atoms with van der Waals surface area (Å²) in [6.45, 7) is 9.69. The zero-order valence-corrected chi connectivity index (χ0v) is 17.5. The number of likely N-dealkylation sites (tertiary alicyclic amines) is 1. The van der Waals surface area contributed by atoms with E-state index in [-0.39, 0.29) is 12.5 Å². The lowest BCUT2D eigenvalue weighted by Gasteiger charge is -2.35. The summed E-state index contributed by atoms with van der Waals surface area (Å²) in [5.41, 5.74) is -0.00555. The van der Waals surface area contributed by atoms with Crippen LogP contribution in [0.25, 0.3) is 5.52 Å². The molecule has 0 unspecified atom stereocenters. The van der Waals surface area contributed by atoms with Gasteiger partial charge in [0.25, 0.3) is 0 Å². The summed E-state index contributed by atoms with van der Waals surface area (Å²) in [6.07, 6.45) is 0.223. The van der Waals surface area contributed by atoms with E-state index >= 15 is 0 Å². The van der Waals surface area contributed by atoms with E-state index in [2.05, 4.69) is 20.4 Å². The summed E-state index contributed by atoms with van der Waals surface area (Å²) >= 11 is 6.14. The summed E-state index contributed by atoms with van der Waals surface area (Å²) in [6, 6.07) is -0.502. The maximum absolute atomic E-state index is 14.7. The maximum atomic E-state index is 14.7. The number of imidazole rings is 1. The fraction of sp³-hybridized carbons (Fsp3) is 0.667. The smallest absolute Gasteiger partial charge is 0.410 e. The van der Waals surface area contributed by atoms with Gasteiger partial charge in [-0.3, -0.25) is 0 Å². The van der Waals surface area contributed by atoms with Crippen LogP contribution in [0.1, 0.15) is 52.8 Å². The molecule has 1 amide bonds. The van der Waals surface area contributed by atoms with Gasteiger partial charge in [-0.15, -0.1) is 5.10 Å². The predicted molar refractivity (Wildman–Crippen MR) is 105 cm³/mol. The summed E-state index contributed by atoms with van der Waals surface area (Å²) < 4.78 is 21.6. The SMILES string of the molecule is CC(C)c1nc(Cl)c2cnc(N[C@@H]3CCN(C(=O)OC(C)(C)C)C[C@@H]3F)nn12. The third-order valence-corrected chi connectivity index (χ3v) is 4.68. The van der Waals surface area contributed by atoms with Crippen LogP contribution in [0.4, 0.5) is 15.1 Å². The molecule has 2 aromatic rings. The van der Waals surface area contributed by atoms with Crippen LogP contribution in [-0.2, 0) is 4.74 Å². The molecule has 10 heteroatoms. The molecule has 2 aromatic heterocycles.